The number of allylic oxidation sites excluding steroid dienone is 2. The Morgan fingerprint density at radius 1 is 0.812 bits per heavy atom. The molecular weight excluding hydrogens is 575 g/mol. The molecule has 1 heterocycles. The molecule has 0 unspecified atom stereocenters. The molecule has 0 spiro atoms. The number of aromatic nitrogens is 1. The molecule has 1 radical (unpaired) electrons. The van der Waals surface area contributed by atoms with Crippen LogP contribution in [0, 0.1) is 6.07 Å². The van der Waals surface area contributed by atoms with E-state index in [2.05, 4.69) is 66.7 Å². The maximum absolute atomic E-state index is 10.0. The summed E-state index contributed by atoms with van der Waals surface area (Å²) >= 11 is 0. The summed E-state index contributed by atoms with van der Waals surface area (Å²) in [6.07, 6.45) is 3.09. The number of aliphatic hydroxyl groups excluding tert-OH is 1. The van der Waals surface area contributed by atoms with Crippen molar-refractivity contribution in [1.29, 1.82) is 0 Å². The first kappa shape index (κ1) is 21.9. The molecule has 1 aromatic heterocycles. The van der Waals surface area contributed by atoms with Gasteiger partial charge in [-0.2, -0.15) is 0 Å². The third-order valence-electron chi connectivity index (χ3n) is 5.57. The van der Waals surface area contributed by atoms with Gasteiger partial charge < -0.3 is 10.1 Å². The Hall–Kier alpha value is -3.33. The van der Waals surface area contributed by atoms with Crippen LogP contribution in [-0.4, -0.2) is 15.9 Å². The Balaban J connectivity index is 0.000000271. The molecule has 0 atom stereocenters. The summed E-state index contributed by atoms with van der Waals surface area (Å²) in [7, 11) is 0. The molecule has 32 heavy (non-hydrogen) atoms. The molecule has 0 aliphatic rings. The van der Waals surface area contributed by atoms with Gasteiger partial charge in [-0.25, -0.2) is 0 Å². The maximum atomic E-state index is 10.0. The van der Waals surface area contributed by atoms with Crippen LogP contribution in [0.4, 0.5) is 0 Å². The van der Waals surface area contributed by atoms with Gasteiger partial charge in [0.1, 0.15) is 0 Å². The largest absolute Gasteiger partial charge is 0.512 e. The SMILES string of the molecule is CC(=O)/C=C(/C)O.[Ir].[c-]1cccc2c1c1nccc3c4ccccc4c4cccc2c4c31. The molecular formula is C28H20IrNO2-. The molecule has 0 amide bonds. The van der Waals surface area contributed by atoms with E-state index in [0.29, 0.717) is 0 Å². The zero-order valence-electron chi connectivity index (χ0n) is 17.6. The van der Waals surface area contributed by atoms with Gasteiger partial charge >= 0.3 is 0 Å². The quantitative estimate of drug-likeness (QED) is 0.0725. The van der Waals surface area contributed by atoms with Gasteiger partial charge in [0.25, 0.3) is 0 Å². The summed E-state index contributed by atoms with van der Waals surface area (Å²) in [6.45, 7) is 2.85. The maximum Gasteiger partial charge on any atom is 0.155 e. The van der Waals surface area contributed by atoms with E-state index in [4.69, 9.17) is 10.1 Å². The minimum atomic E-state index is -0.125. The van der Waals surface area contributed by atoms with Crippen LogP contribution >= 0.6 is 0 Å². The minimum absolute atomic E-state index is 0. The summed E-state index contributed by atoms with van der Waals surface area (Å²) < 4.78 is 0. The number of benzene rings is 5. The van der Waals surface area contributed by atoms with Crippen LogP contribution in [0.2, 0.25) is 0 Å². The summed E-state index contributed by atoms with van der Waals surface area (Å²) in [5, 5.41) is 19.8. The van der Waals surface area contributed by atoms with Gasteiger partial charge in [-0.1, -0.05) is 53.2 Å². The van der Waals surface area contributed by atoms with Gasteiger partial charge in [0, 0.05) is 32.4 Å². The van der Waals surface area contributed by atoms with Crippen LogP contribution in [-0.2, 0) is 24.9 Å². The molecule has 6 aromatic rings. The van der Waals surface area contributed by atoms with E-state index in [0.717, 1.165) is 10.9 Å². The molecule has 0 bridgehead atoms. The number of rotatable bonds is 1. The standard InChI is InChI=1S/C23H12N.C5H8O2.Ir/c1-2-7-15-14(6-1)17-10-5-11-18-16-8-3-4-9-20(16)23-22(21(17)18)19(15)12-13-24-23;1-4(6)3-5(2)7;/h1-8,10-13H;3,6H,1-2H3;/q-1;;/b;4-3-;. The molecule has 6 rings (SSSR count). The smallest absolute Gasteiger partial charge is 0.155 e. The van der Waals surface area contributed by atoms with E-state index >= 15 is 0 Å². The zero-order chi connectivity index (χ0) is 21.5. The number of pyridine rings is 1. The second-order valence-corrected chi connectivity index (χ2v) is 7.71. The molecule has 3 nitrogen and oxygen atoms in total. The van der Waals surface area contributed by atoms with Gasteiger partial charge in [0.15, 0.2) is 5.78 Å². The molecule has 0 aliphatic heterocycles. The fraction of sp³-hybridized carbons (Fsp3) is 0.0714. The molecule has 5 aromatic carbocycles. The van der Waals surface area contributed by atoms with Crippen molar-refractivity contribution in [3.63, 3.8) is 0 Å². The van der Waals surface area contributed by atoms with Crippen molar-refractivity contribution in [2.75, 3.05) is 0 Å². The molecule has 4 heteroatoms. The Bertz CT molecular complexity index is 1420. The fourth-order valence-corrected chi connectivity index (χ4v) is 4.50. The number of aliphatic hydroxyl groups is 1. The van der Waals surface area contributed by atoms with Crippen molar-refractivity contribution >= 4 is 59.8 Å². The second kappa shape index (κ2) is 8.66. The van der Waals surface area contributed by atoms with Crippen LogP contribution in [0.1, 0.15) is 13.8 Å². The summed E-state index contributed by atoms with van der Waals surface area (Å²) in [6, 6.07) is 27.1. The van der Waals surface area contributed by atoms with E-state index in [1.807, 2.05) is 12.3 Å². The van der Waals surface area contributed by atoms with Crippen LogP contribution in [0.5, 0.6) is 0 Å². The molecule has 159 valence electrons. The van der Waals surface area contributed by atoms with Gasteiger partial charge in [0.05, 0.1) is 5.76 Å². The topological polar surface area (TPSA) is 50.2 Å². The normalized spacial score (nSPS) is 11.6. The van der Waals surface area contributed by atoms with Gasteiger partial charge in [-0.05, 0) is 57.7 Å². The van der Waals surface area contributed by atoms with E-state index in [-0.39, 0.29) is 31.6 Å². The number of hydrogen-bond acceptors (Lipinski definition) is 3. The van der Waals surface area contributed by atoms with Crippen molar-refractivity contribution in [2.24, 2.45) is 0 Å². The van der Waals surface area contributed by atoms with Crippen molar-refractivity contribution < 1.29 is 30.0 Å². The predicted octanol–water partition coefficient (Wildman–Crippen LogP) is 7.12. The minimum Gasteiger partial charge on any atom is -0.512 e. The number of carbonyl (C=O) groups excluding carboxylic acids is 1. The second-order valence-electron chi connectivity index (χ2n) is 7.71. The molecule has 0 aliphatic carbocycles. The first-order valence-corrected chi connectivity index (χ1v) is 10.2. The summed E-state index contributed by atoms with van der Waals surface area (Å²) in [4.78, 5) is 14.8. The van der Waals surface area contributed by atoms with Crippen LogP contribution in [0.15, 0.2) is 84.8 Å². The Morgan fingerprint density at radius 3 is 2.03 bits per heavy atom. The van der Waals surface area contributed by atoms with Crippen molar-refractivity contribution in [3.05, 3.63) is 90.8 Å². The molecule has 0 fully saturated rings. The zero-order valence-corrected chi connectivity index (χ0v) is 20.0. The van der Waals surface area contributed by atoms with Gasteiger partial charge in [-0.15, -0.1) is 29.7 Å². The van der Waals surface area contributed by atoms with Crippen LogP contribution in [0.3, 0.4) is 0 Å². The number of carbonyl (C=O) groups is 1. The molecule has 0 saturated heterocycles. The van der Waals surface area contributed by atoms with E-state index in [9.17, 15) is 4.79 Å². The first-order valence-electron chi connectivity index (χ1n) is 10.2. The molecule has 1 N–H and O–H groups in total. The van der Waals surface area contributed by atoms with Crippen molar-refractivity contribution in [3.8, 4) is 0 Å². The molecule has 0 saturated carbocycles. The van der Waals surface area contributed by atoms with Gasteiger partial charge in [0.2, 0.25) is 0 Å². The Kier molecular flexibility index (Phi) is 5.92. The summed E-state index contributed by atoms with van der Waals surface area (Å²) in [5.74, 6) is -0.0625. The number of hydrogen-bond donors (Lipinski definition) is 1. The van der Waals surface area contributed by atoms with Gasteiger partial charge in [-0.3, -0.25) is 4.79 Å². The number of ketones is 1. The Labute approximate surface area is 199 Å². The van der Waals surface area contributed by atoms with E-state index in [1.54, 1.807) is 0 Å². The Morgan fingerprint density at radius 2 is 1.41 bits per heavy atom. The van der Waals surface area contributed by atoms with Crippen molar-refractivity contribution in [1.82, 2.24) is 4.98 Å². The average molecular weight is 595 g/mol. The monoisotopic (exact) mass is 595 g/mol. The van der Waals surface area contributed by atoms with Crippen LogP contribution < -0.4 is 0 Å². The number of fused-ring (bicyclic) bond motifs is 6. The van der Waals surface area contributed by atoms with Crippen LogP contribution in [0.25, 0.3) is 54.0 Å². The average Bonchev–Trinajstić information content (AvgIpc) is 2.78. The van der Waals surface area contributed by atoms with E-state index in [1.165, 1.54) is 63.0 Å². The predicted molar refractivity (Wildman–Crippen MR) is 129 cm³/mol. The first-order chi connectivity index (χ1) is 15.1. The third kappa shape index (κ3) is 3.52. The number of nitrogens with zero attached hydrogens (tertiary/aromatic N) is 1. The fourth-order valence-electron chi connectivity index (χ4n) is 4.50. The van der Waals surface area contributed by atoms with E-state index < -0.39 is 0 Å². The third-order valence-corrected chi connectivity index (χ3v) is 5.57. The van der Waals surface area contributed by atoms with Crippen molar-refractivity contribution in [2.45, 2.75) is 13.8 Å². The summed E-state index contributed by atoms with van der Waals surface area (Å²) in [5.41, 5.74) is 1.05.